The average molecular weight is 286 g/mol. The van der Waals surface area contributed by atoms with Gasteiger partial charge < -0.3 is 15.4 Å². The SMILES string of the molecule is COc1ccccc1NC(=O)N/C=C/c1ccc(F)cc1. The predicted octanol–water partition coefficient (Wildman–Crippen LogP) is 3.63. The van der Waals surface area contributed by atoms with Crippen LogP contribution in [0.4, 0.5) is 14.9 Å². The minimum absolute atomic E-state index is 0.297. The topological polar surface area (TPSA) is 50.4 Å². The van der Waals surface area contributed by atoms with Gasteiger partial charge >= 0.3 is 6.03 Å². The van der Waals surface area contributed by atoms with E-state index in [1.807, 2.05) is 6.07 Å². The molecular formula is C16H15FN2O2. The van der Waals surface area contributed by atoms with Crippen molar-refractivity contribution in [3.63, 3.8) is 0 Å². The van der Waals surface area contributed by atoms with Gasteiger partial charge in [-0.25, -0.2) is 9.18 Å². The molecular weight excluding hydrogens is 271 g/mol. The summed E-state index contributed by atoms with van der Waals surface area (Å²) in [7, 11) is 1.53. The highest BCUT2D eigenvalue weighted by Gasteiger charge is 2.04. The molecule has 2 N–H and O–H groups in total. The molecule has 0 atom stereocenters. The lowest BCUT2D eigenvalue weighted by molar-refractivity contribution is 0.255. The van der Waals surface area contributed by atoms with Crippen LogP contribution < -0.4 is 15.4 Å². The van der Waals surface area contributed by atoms with E-state index < -0.39 is 6.03 Å². The van der Waals surface area contributed by atoms with Crippen LogP contribution >= 0.6 is 0 Å². The van der Waals surface area contributed by atoms with Gasteiger partial charge in [-0.2, -0.15) is 0 Å². The fourth-order valence-electron chi connectivity index (χ4n) is 1.69. The zero-order valence-electron chi connectivity index (χ0n) is 11.5. The molecule has 0 saturated carbocycles. The molecule has 0 aromatic heterocycles. The molecule has 0 heterocycles. The van der Waals surface area contributed by atoms with Gasteiger partial charge in [0.2, 0.25) is 0 Å². The van der Waals surface area contributed by atoms with Crippen molar-refractivity contribution < 1.29 is 13.9 Å². The number of hydrogen-bond donors (Lipinski definition) is 2. The Hall–Kier alpha value is -2.82. The summed E-state index contributed by atoms with van der Waals surface area (Å²) in [6, 6.07) is 12.7. The van der Waals surface area contributed by atoms with Crippen LogP contribution in [0.15, 0.2) is 54.7 Å². The highest BCUT2D eigenvalue weighted by molar-refractivity contribution is 5.91. The Labute approximate surface area is 122 Å². The van der Waals surface area contributed by atoms with Crippen molar-refractivity contribution in [3.05, 3.63) is 66.1 Å². The molecule has 0 spiro atoms. The Morgan fingerprint density at radius 2 is 1.86 bits per heavy atom. The lowest BCUT2D eigenvalue weighted by Crippen LogP contribution is -2.23. The van der Waals surface area contributed by atoms with E-state index in [9.17, 15) is 9.18 Å². The van der Waals surface area contributed by atoms with E-state index in [1.165, 1.54) is 25.4 Å². The average Bonchev–Trinajstić information content (AvgIpc) is 2.50. The van der Waals surface area contributed by atoms with Crippen molar-refractivity contribution in [3.8, 4) is 5.75 Å². The predicted molar refractivity (Wildman–Crippen MR) is 80.6 cm³/mol. The molecule has 0 unspecified atom stereocenters. The smallest absolute Gasteiger partial charge is 0.323 e. The van der Waals surface area contributed by atoms with E-state index in [4.69, 9.17) is 4.74 Å². The summed E-state index contributed by atoms with van der Waals surface area (Å²) in [6.07, 6.45) is 3.15. The number of methoxy groups -OCH3 is 1. The second kappa shape index (κ2) is 7.09. The van der Waals surface area contributed by atoms with Crippen LogP contribution in [0.2, 0.25) is 0 Å². The molecule has 0 fully saturated rings. The van der Waals surface area contributed by atoms with E-state index in [-0.39, 0.29) is 5.82 Å². The van der Waals surface area contributed by atoms with Crippen LogP contribution in [0, 0.1) is 5.82 Å². The monoisotopic (exact) mass is 286 g/mol. The Balaban J connectivity index is 1.91. The molecule has 0 saturated heterocycles. The summed E-state index contributed by atoms with van der Waals surface area (Å²) in [5.41, 5.74) is 1.36. The third-order valence-electron chi connectivity index (χ3n) is 2.72. The van der Waals surface area contributed by atoms with Crippen LogP contribution in [-0.2, 0) is 0 Å². The molecule has 2 amide bonds. The minimum atomic E-state index is -0.391. The maximum Gasteiger partial charge on any atom is 0.323 e. The second-order valence-electron chi connectivity index (χ2n) is 4.18. The lowest BCUT2D eigenvalue weighted by Gasteiger charge is -2.09. The number of para-hydroxylation sites is 2. The Bertz CT molecular complexity index is 639. The molecule has 0 aliphatic rings. The molecule has 0 radical (unpaired) electrons. The van der Waals surface area contributed by atoms with E-state index in [2.05, 4.69) is 10.6 Å². The Kier molecular flexibility index (Phi) is 4.93. The van der Waals surface area contributed by atoms with Crippen molar-refractivity contribution in [2.75, 3.05) is 12.4 Å². The molecule has 0 aliphatic heterocycles. The van der Waals surface area contributed by atoms with Crippen LogP contribution in [0.3, 0.4) is 0 Å². The zero-order valence-corrected chi connectivity index (χ0v) is 11.5. The van der Waals surface area contributed by atoms with Crippen molar-refractivity contribution in [2.45, 2.75) is 0 Å². The Morgan fingerprint density at radius 1 is 1.14 bits per heavy atom. The normalized spacial score (nSPS) is 10.4. The standard InChI is InChI=1S/C16H15FN2O2/c1-21-15-5-3-2-4-14(15)19-16(20)18-11-10-12-6-8-13(17)9-7-12/h2-11H,1H3,(H2,18,19,20)/b11-10+. The van der Waals surface area contributed by atoms with Crippen molar-refractivity contribution >= 4 is 17.8 Å². The van der Waals surface area contributed by atoms with Gasteiger partial charge in [-0.3, -0.25) is 0 Å². The van der Waals surface area contributed by atoms with Gasteiger partial charge in [-0.15, -0.1) is 0 Å². The number of hydrogen-bond acceptors (Lipinski definition) is 2. The summed E-state index contributed by atoms with van der Waals surface area (Å²) in [5, 5.41) is 5.24. The number of nitrogens with one attached hydrogen (secondary N) is 2. The molecule has 0 aliphatic carbocycles. The van der Waals surface area contributed by atoms with Gasteiger partial charge in [0.15, 0.2) is 0 Å². The van der Waals surface area contributed by atoms with Crippen LogP contribution in [-0.4, -0.2) is 13.1 Å². The summed E-state index contributed by atoms with van der Waals surface area (Å²) < 4.78 is 17.9. The first-order valence-electron chi connectivity index (χ1n) is 6.31. The fourth-order valence-corrected chi connectivity index (χ4v) is 1.69. The van der Waals surface area contributed by atoms with Gasteiger partial charge in [0, 0.05) is 6.20 Å². The quantitative estimate of drug-likeness (QED) is 0.901. The number of rotatable bonds is 4. The summed E-state index contributed by atoms with van der Waals surface area (Å²) in [6.45, 7) is 0. The number of halogens is 1. The first-order chi connectivity index (χ1) is 10.2. The summed E-state index contributed by atoms with van der Waals surface area (Å²) in [5.74, 6) is 0.282. The third-order valence-corrected chi connectivity index (χ3v) is 2.72. The van der Waals surface area contributed by atoms with Crippen molar-refractivity contribution in [1.29, 1.82) is 0 Å². The molecule has 4 nitrogen and oxygen atoms in total. The molecule has 5 heteroatoms. The maximum absolute atomic E-state index is 12.7. The number of ether oxygens (including phenoxy) is 1. The van der Waals surface area contributed by atoms with Crippen LogP contribution in [0.25, 0.3) is 6.08 Å². The maximum atomic E-state index is 12.7. The Morgan fingerprint density at radius 3 is 2.57 bits per heavy atom. The highest BCUT2D eigenvalue weighted by Crippen LogP contribution is 2.22. The number of anilines is 1. The van der Waals surface area contributed by atoms with Gasteiger partial charge in [0.25, 0.3) is 0 Å². The van der Waals surface area contributed by atoms with Gasteiger partial charge in [-0.05, 0) is 35.9 Å². The van der Waals surface area contributed by atoms with Gasteiger partial charge in [-0.1, -0.05) is 24.3 Å². The summed E-state index contributed by atoms with van der Waals surface area (Å²) in [4.78, 5) is 11.7. The molecule has 108 valence electrons. The molecule has 2 aromatic carbocycles. The van der Waals surface area contributed by atoms with Crippen molar-refractivity contribution in [2.24, 2.45) is 0 Å². The van der Waals surface area contributed by atoms with Crippen molar-refractivity contribution in [1.82, 2.24) is 5.32 Å². The number of carbonyl (C=O) groups excluding carboxylic acids is 1. The third kappa shape index (κ3) is 4.35. The van der Waals surface area contributed by atoms with E-state index in [1.54, 1.807) is 36.4 Å². The van der Waals surface area contributed by atoms with Crippen LogP contribution in [0.5, 0.6) is 5.75 Å². The first-order valence-corrected chi connectivity index (χ1v) is 6.31. The first kappa shape index (κ1) is 14.6. The number of amides is 2. The molecule has 2 rings (SSSR count). The second-order valence-corrected chi connectivity index (χ2v) is 4.18. The number of carbonyl (C=O) groups is 1. The van der Waals surface area contributed by atoms with E-state index in [0.29, 0.717) is 11.4 Å². The molecule has 2 aromatic rings. The highest BCUT2D eigenvalue weighted by atomic mass is 19.1. The van der Waals surface area contributed by atoms with E-state index >= 15 is 0 Å². The van der Waals surface area contributed by atoms with Gasteiger partial charge in [0.1, 0.15) is 11.6 Å². The molecule has 0 bridgehead atoms. The summed E-state index contributed by atoms with van der Waals surface area (Å²) >= 11 is 0. The number of urea groups is 1. The minimum Gasteiger partial charge on any atom is -0.495 e. The molecule has 21 heavy (non-hydrogen) atoms. The zero-order chi connectivity index (χ0) is 15.1. The number of benzene rings is 2. The fraction of sp³-hybridized carbons (Fsp3) is 0.0625. The van der Waals surface area contributed by atoms with Gasteiger partial charge in [0.05, 0.1) is 12.8 Å². The lowest BCUT2D eigenvalue weighted by atomic mass is 10.2. The van der Waals surface area contributed by atoms with E-state index in [0.717, 1.165) is 5.56 Å². The van der Waals surface area contributed by atoms with Crippen LogP contribution in [0.1, 0.15) is 5.56 Å². The largest absolute Gasteiger partial charge is 0.495 e.